The van der Waals surface area contributed by atoms with E-state index in [0.29, 0.717) is 17.4 Å². The van der Waals surface area contributed by atoms with Crippen molar-refractivity contribution in [3.05, 3.63) is 40.6 Å². The van der Waals surface area contributed by atoms with E-state index in [1.54, 1.807) is 36.9 Å². The Balaban J connectivity index is 2.17. The van der Waals surface area contributed by atoms with Crippen LogP contribution < -0.4 is 5.73 Å². The van der Waals surface area contributed by atoms with Gasteiger partial charge in [0.15, 0.2) is 11.6 Å². The summed E-state index contributed by atoms with van der Waals surface area (Å²) in [7, 11) is 0. The fourth-order valence-electron chi connectivity index (χ4n) is 2.52. The Labute approximate surface area is 146 Å². The van der Waals surface area contributed by atoms with Crippen LogP contribution in [0, 0.1) is 5.82 Å². The first kappa shape index (κ1) is 16.8. The van der Waals surface area contributed by atoms with Gasteiger partial charge < -0.3 is 10.8 Å². The average Bonchev–Trinajstić information content (AvgIpc) is 2.85. The molecule has 0 aliphatic carbocycles. The molecular formula is C16H17BrFN5O. The van der Waals surface area contributed by atoms with Crippen LogP contribution in [0.1, 0.15) is 25.8 Å². The summed E-state index contributed by atoms with van der Waals surface area (Å²) in [5.41, 5.74) is 6.51. The molecule has 126 valence electrons. The van der Waals surface area contributed by atoms with E-state index in [4.69, 9.17) is 5.73 Å². The number of hydrogen-bond acceptors (Lipinski definition) is 5. The highest BCUT2D eigenvalue weighted by Crippen LogP contribution is 2.28. The SMILES string of the molecule is CC(C)(O)CCc1cn(-c2nc(N)ncc2F)c2cc(Br)ncc12. The van der Waals surface area contributed by atoms with Crippen LogP contribution in [0.2, 0.25) is 0 Å². The predicted octanol–water partition coefficient (Wildman–Crippen LogP) is 3.00. The van der Waals surface area contributed by atoms with E-state index >= 15 is 0 Å². The zero-order chi connectivity index (χ0) is 17.5. The van der Waals surface area contributed by atoms with Crippen molar-refractivity contribution in [1.82, 2.24) is 19.5 Å². The van der Waals surface area contributed by atoms with Crippen LogP contribution in [0.15, 0.2) is 29.3 Å². The molecule has 0 radical (unpaired) electrons. The summed E-state index contributed by atoms with van der Waals surface area (Å²) in [6.07, 6.45) is 5.76. The molecule has 0 spiro atoms. The highest BCUT2D eigenvalue weighted by molar-refractivity contribution is 9.10. The van der Waals surface area contributed by atoms with Crippen LogP contribution in [-0.2, 0) is 6.42 Å². The second-order valence-electron chi connectivity index (χ2n) is 6.26. The van der Waals surface area contributed by atoms with E-state index in [9.17, 15) is 9.50 Å². The van der Waals surface area contributed by atoms with Crippen molar-refractivity contribution in [3.63, 3.8) is 0 Å². The number of nitrogen functional groups attached to an aromatic ring is 1. The second-order valence-corrected chi connectivity index (χ2v) is 7.07. The number of aryl methyl sites for hydroxylation is 1. The van der Waals surface area contributed by atoms with E-state index in [1.165, 1.54) is 0 Å². The molecule has 3 aromatic heterocycles. The van der Waals surface area contributed by atoms with Crippen LogP contribution in [-0.4, -0.2) is 30.2 Å². The second kappa shape index (κ2) is 6.10. The molecule has 0 saturated carbocycles. The Morgan fingerprint density at radius 2 is 2.08 bits per heavy atom. The maximum Gasteiger partial charge on any atom is 0.222 e. The van der Waals surface area contributed by atoms with Crippen molar-refractivity contribution in [2.45, 2.75) is 32.3 Å². The van der Waals surface area contributed by atoms with E-state index in [-0.39, 0.29) is 11.8 Å². The van der Waals surface area contributed by atoms with Crippen LogP contribution >= 0.6 is 15.9 Å². The number of fused-ring (bicyclic) bond motifs is 1. The molecule has 0 aliphatic rings. The molecule has 0 atom stereocenters. The Morgan fingerprint density at radius 1 is 1.33 bits per heavy atom. The number of nitrogens with zero attached hydrogens (tertiary/aromatic N) is 4. The maximum atomic E-state index is 14.2. The van der Waals surface area contributed by atoms with Gasteiger partial charge in [0.1, 0.15) is 4.60 Å². The third kappa shape index (κ3) is 3.39. The zero-order valence-corrected chi connectivity index (χ0v) is 14.9. The molecule has 0 saturated heterocycles. The summed E-state index contributed by atoms with van der Waals surface area (Å²) in [5, 5.41) is 10.8. The van der Waals surface area contributed by atoms with E-state index in [0.717, 1.165) is 22.7 Å². The molecule has 3 heterocycles. The minimum atomic E-state index is -0.790. The van der Waals surface area contributed by atoms with Crippen molar-refractivity contribution < 1.29 is 9.50 Å². The lowest BCUT2D eigenvalue weighted by Gasteiger charge is -2.16. The molecule has 8 heteroatoms. The number of halogens is 2. The first-order valence-electron chi connectivity index (χ1n) is 7.41. The van der Waals surface area contributed by atoms with Crippen LogP contribution in [0.5, 0.6) is 0 Å². The smallest absolute Gasteiger partial charge is 0.222 e. The summed E-state index contributed by atoms with van der Waals surface area (Å²) >= 11 is 3.34. The van der Waals surface area contributed by atoms with Crippen molar-refractivity contribution in [3.8, 4) is 5.82 Å². The van der Waals surface area contributed by atoms with Gasteiger partial charge in [-0.25, -0.2) is 14.4 Å². The molecule has 0 aliphatic heterocycles. The van der Waals surface area contributed by atoms with Crippen LogP contribution in [0.25, 0.3) is 16.7 Å². The number of aliphatic hydroxyl groups is 1. The van der Waals surface area contributed by atoms with Crippen LogP contribution in [0.4, 0.5) is 10.3 Å². The van der Waals surface area contributed by atoms with Gasteiger partial charge in [0, 0.05) is 17.8 Å². The summed E-state index contributed by atoms with van der Waals surface area (Å²) in [6.45, 7) is 3.51. The zero-order valence-electron chi connectivity index (χ0n) is 13.3. The first-order chi connectivity index (χ1) is 11.2. The van der Waals surface area contributed by atoms with Gasteiger partial charge in [0.2, 0.25) is 5.95 Å². The normalized spacial score (nSPS) is 12.0. The molecule has 24 heavy (non-hydrogen) atoms. The van der Waals surface area contributed by atoms with Gasteiger partial charge in [-0.3, -0.25) is 4.57 Å². The minimum Gasteiger partial charge on any atom is -0.390 e. The third-order valence-electron chi connectivity index (χ3n) is 3.72. The van der Waals surface area contributed by atoms with Crippen molar-refractivity contribution >= 4 is 32.8 Å². The van der Waals surface area contributed by atoms with Gasteiger partial charge in [-0.15, -0.1) is 0 Å². The molecule has 3 N–H and O–H groups in total. The van der Waals surface area contributed by atoms with Crippen LogP contribution in [0.3, 0.4) is 0 Å². The van der Waals surface area contributed by atoms with Gasteiger partial charge in [-0.1, -0.05) is 0 Å². The fourth-order valence-corrected chi connectivity index (χ4v) is 2.84. The van der Waals surface area contributed by atoms with Gasteiger partial charge in [-0.05, 0) is 54.2 Å². The lowest BCUT2D eigenvalue weighted by atomic mass is 9.99. The molecule has 0 fully saturated rings. The highest BCUT2D eigenvalue weighted by Gasteiger charge is 2.18. The van der Waals surface area contributed by atoms with Gasteiger partial charge in [-0.2, -0.15) is 4.98 Å². The molecular weight excluding hydrogens is 377 g/mol. The number of pyridine rings is 1. The summed E-state index contributed by atoms with van der Waals surface area (Å²) in [5.74, 6) is -0.484. The molecule has 3 aromatic rings. The lowest BCUT2D eigenvalue weighted by molar-refractivity contribution is 0.0715. The highest BCUT2D eigenvalue weighted by atomic mass is 79.9. The number of aromatic nitrogens is 4. The minimum absolute atomic E-state index is 0.000543. The number of hydrogen-bond donors (Lipinski definition) is 2. The average molecular weight is 394 g/mol. The fraction of sp³-hybridized carbons (Fsp3) is 0.312. The molecule has 0 amide bonds. The predicted molar refractivity (Wildman–Crippen MR) is 93.3 cm³/mol. The lowest BCUT2D eigenvalue weighted by Crippen LogP contribution is -2.19. The van der Waals surface area contributed by atoms with Crippen molar-refractivity contribution in [2.24, 2.45) is 0 Å². The Morgan fingerprint density at radius 3 is 2.79 bits per heavy atom. The largest absolute Gasteiger partial charge is 0.390 e. The molecule has 6 nitrogen and oxygen atoms in total. The van der Waals surface area contributed by atoms with Gasteiger partial charge >= 0.3 is 0 Å². The maximum absolute atomic E-state index is 14.2. The van der Waals surface area contributed by atoms with Crippen molar-refractivity contribution in [2.75, 3.05) is 5.73 Å². The quantitative estimate of drug-likeness (QED) is 0.664. The number of nitrogens with two attached hydrogens (primary N) is 1. The van der Waals surface area contributed by atoms with Crippen molar-refractivity contribution in [1.29, 1.82) is 0 Å². The topological polar surface area (TPSA) is 89.8 Å². The number of rotatable bonds is 4. The summed E-state index contributed by atoms with van der Waals surface area (Å²) in [6, 6.07) is 1.79. The first-order valence-corrected chi connectivity index (χ1v) is 8.20. The monoisotopic (exact) mass is 393 g/mol. The molecule has 0 unspecified atom stereocenters. The summed E-state index contributed by atoms with van der Waals surface area (Å²) < 4.78 is 16.5. The third-order valence-corrected chi connectivity index (χ3v) is 4.15. The Hall–Kier alpha value is -2.06. The Kier molecular flexibility index (Phi) is 4.27. The molecule has 3 rings (SSSR count). The van der Waals surface area contributed by atoms with E-state index in [2.05, 4.69) is 30.9 Å². The molecule has 0 aromatic carbocycles. The number of anilines is 1. The van der Waals surface area contributed by atoms with E-state index < -0.39 is 11.4 Å². The molecule has 0 bridgehead atoms. The van der Waals surface area contributed by atoms with E-state index in [1.807, 2.05) is 0 Å². The standard InChI is InChI=1S/C16H17BrFN5O/c1-16(2,24)4-3-9-8-23(12-5-13(17)20-6-10(9)12)14-11(18)7-21-15(19)22-14/h5-8,24H,3-4H2,1-2H3,(H2,19,21,22). The van der Waals surface area contributed by atoms with Gasteiger partial charge in [0.25, 0.3) is 0 Å². The Bertz CT molecular complexity index is 903. The summed E-state index contributed by atoms with van der Waals surface area (Å²) in [4.78, 5) is 11.9. The van der Waals surface area contributed by atoms with Gasteiger partial charge in [0.05, 0.1) is 17.3 Å².